The molecule has 0 spiro atoms. The second-order valence-corrected chi connectivity index (χ2v) is 6.19. The van der Waals surface area contributed by atoms with Gasteiger partial charge in [-0.1, -0.05) is 41.3 Å². The number of rotatable bonds is 8. The van der Waals surface area contributed by atoms with Gasteiger partial charge in [0, 0.05) is 12.1 Å². The van der Waals surface area contributed by atoms with E-state index in [9.17, 15) is 4.79 Å². The number of methoxy groups -OCH3 is 1. The van der Waals surface area contributed by atoms with Crippen LogP contribution < -0.4 is 10.1 Å². The van der Waals surface area contributed by atoms with Crippen molar-refractivity contribution in [1.29, 1.82) is 0 Å². The number of aromatic nitrogens is 2. The maximum Gasteiger partial charge on any atom is 0.206 e. The van der Waals surface area contributed by atoms with Crippen LogP contribution in [0.25, 0.3) is 0 Å². The van der Waals surface area contributed by atoms with Gasteiger partial charge < -0.3 is 10.1 Å². The molecule has 5 nitrogen and oxygen atoms in total. The topological polar surface area (TPSA) is 64.1 Å². The molecule has 0 radical (unpaired) electrons. The summed E-state index contributed by atoms with van der Waals surface area (Å²) in [7, 11) is 1.58. The number of Topliss-reactive ketones (excluding diaryl/α,β-unsaturated/α-hetero) is 1. The number of hydrogen-bond donors (Lipinski definition) is 1. The molecule has 0 amide bonds. The molecule has 110 valence electrons. The summed E-state index contributed by atoms with van der Waals surface area (Å²) in [6.45, 7) is 4.26. The van der Waals surface area contributed by atoms with Gasteiger partial charge in [-0.2, -0.15) is 0 Å². The highest BCUT2D eigenvalue weighted by Gasteiger charge is 2.10. The maximum atomic E-state index is 12.1. The van der Waals surface area contributed by atoms with Crippen molar-refractivity contribution in [3.05, 3.63) is 42.5 Å². The van der Waals surface area contributed by atoms with E-state index >= 15 is 0 Å². The molecule has 0 bridgehead atoms. The number of benzene rings is 1. The first-order valence-corrected chi connectivity index (χ1v) is 8.01. The smallest absolute Gasteiger partial charge is 0.206 e. The molecule has 0 saturated carbocycles. The Labute approximate surface area is 131 Å². The number of carbonyl (C=O) groups is 1. The van der Waals surface area contributed by atoms with Crippen LogP contribution in [0.2, 0.25) is 0 Å². The average Bonchev–Trinajstić information content (AvgIpc) is 2.98. The summed E-state index contributed by atoms with van der Waals surface area (Å²) in [4.78, 5) is 12.1. The molecule has 1 aromatic heterocycles. The van der Waals surface area contributed by atoms with Crippen LogP contribution in [-0.4, -0.2) is 35.4 Å². The summed E-state index contributed by atoms with van der Waals surface area (Å²) < 4.78 is 5.87. The molecule has 1 heterocycles. The zero-order valence-electron chi connectivity index (χ0n) is 11.5. The number of ketones is 1. The molecule has 2 aromatic rings. The summed E-state index contributed by atoms with van der Waals surface area (Å²) in [5, 5.41) is 11.8. The fourth-order valence-corrected chi connectivity index (χ4v) is 3.16. The van der Waals surface area contributed by atoms with Crippen molar-refractivity contribution in [2.45, 2.75) is 4.34 Å². The van der Waals surface area contributed by atoms with Crippen LogP contribution in [0.5, 0.6) is 5.75 Å². The zero-order valence-corrected chi connectivity index (χ0v) is 13.2. The molecule has 0 aliphatic carbocycles. The van der Waals surface area contributed by atoms with Crippen molar-refractivity contribution in [3.63, 3.8) is 0 Å². The second-order valence-electron chi connectivity index (χ2n) is 3.99. The number of anilines is 1. The van der Waals surface area contributed by atoms with Gasteiger partial charge in [0.25, 0.3) is 0 Å². The molecular weight excluding hydrogens is 306 g/mol. The van der Waals surface area contributed by atoms with E-state index in [0.717, 1.165) is 9.47 Å². The fraction of sp³-hybridized carbons (Fsp3) is 0.214. The molecule has 1 N–H and O–H groups in total. The predicted octanol–water partition coefficient (Wildman–Crippen LogP) is 3.12. The average molecular weight is 321 g/mol. The van der Waals surface area contributed by atoms with Crippen molar-refractivity contribution in [2.24, 2.45) is 0 Å². The number of hydrogen-bond acceptors (Lipinski definition) is 7. The van der Waals surface area contributed by atoms with E-state index < -0.39 is 0 Å². The van der Waals surface area contributed by atoms with Crippen LogP contribution in [0.3, 0.4) is 0 Å². The molecular formula is C14H15N3O2S2. The quantitative estimate of drug-likeness (QED) is 0.458. The Morgan fingerprint density at radius 3 is 3.14 bits per heavy atom. The first-order valence-electron chi connectivity index (χ1n) is 6.21. The standard InChI is InChI=1S/C14H15N3O2S2/c1-3-7-15-13-16-17-14(21-13)20-9-12(18)10-5-4-6-11(8-10)19-2/h3-6,8H,1,7,9H2,2H3,(H,15,16). The SMILES string of the molecule is C=CCNc1nnc(SCC(=O)c2cccc(OC)c2)s1. The third-order valence-electron chi connectivity index (χ3n) is 2.52. The first kappa shape index (κ1) is 15.5. The largest absolute Gasteiger partial charge is 0.497 e. The molecule has 0 fully saturated rings. The highest BCUT2D eigenvalue weighted by atomic mass is 32.2. The molecule has 0 atom stereocenters. The molecule has 2 rings (SSSR count). The van der Waals surface area contributed by atoms with Crippen molar-refractivity contribution < 1.29 is 9.53 Å². The summed E-state index contributed by atoms with van der Waals surface area (Å²) in [5.74, 6) is 1.04. The van der Waals surface area contributed by atoms with E-state index in [0.29, 0.717) is 23.6 Å². The van der Waals surface area contributed by atoms with E-state index in [2.05, 4.69) is 22.1 Å². The summed E-state index contributed by atoms with van der Waals surface area (Å²) in [6, 6.07) is 7.13. The minimum absolute atomic E-state index is 0.0368. The normalized spacial score (nSPS) is 10.1. The van der Waals surface area contributed by atoms with E-state index in [1.54, 1.807) is 31.4 Å². The van der Waals surface area contributed by atoms with Crippen LogP contribution in [0.4, 0.5) is 5.13 Å². The highest BCUT2D eigenvalue weighted by molar-refractivity contribution is 8.01. The lowest BCUT2D eigenvalue weighted by molar-refractivity contribution is 0.102. The van der Waals surface area contributed by atoms with Crippen LogP contribution in [0, 0.1) is 0 Å². The van der Waals surface area contributed by atoms with Gasteiger partial charge in [-0.05, 0) is 12.1 Å². The lowest BCUT2D eigenvalue weighted by Gasteiger charge is -2.02. The summed E-state index contributed by atoms with van der Waals surface area (Å²) in [6.07, 6.45) is 1.75. The number of nitrogens with one attached hydrogen (secondary N) is 1. The van der Waals surface area contributed by atoms with E-state index in [1.165, 1.54) is 23.1 Å². The Balaban J connectivity index is 1.91. The molecule has 21 heavy (non-hydrogen) atoms. The molecule has 0 unspecified atom stereocenters. The molecule has 1 aromatic carbocycles. The molecule has 7 heteroatoms. The second kappa shape index (κ2) is 7.80. The Bertz CT molecular complexity index is 628. The van der Waals surface area contributed by atoms with Crippen molar-refractivity contribution in [1.82, 2.24) is 10.2 Å². The van der Waals surface area contributed by atoms with Crippen LogP contribution in [0.15, 0.2) is 41.3 Å². The lowest BCUT2D eigenvalue weighted by atomic mass is 10.1. The van der Waals surface area contributed by atoms with E-state index in [4.69, 9.17) is 4.74 Å². The number of thioether (sulfide) groups is 1. The Morgan fingerprint density at radius 2 is 2.38 bits per heavy atom. The number of nitrogens with zero attached hydrogens (tertiary/aromatic N) is 2. The minimum Gasteiger partial charge on any atom is -0.497 e. The van der Waals surface area contributed by atoms with Crippen molar-refractivity contribution >= 4 is 34.0 Å². The number of ether oxygens (including phenoxy) is 1. The molecule has 0 saturated heterocycles. The third kappa shape index (κ3) is 4.57. The van der Waals surface area contributed by atoms with Crippen molar-refractivity contribution in [2.75, 3.05) is 24.7 Å². The number of carbonyl (C=O) groups excluding carboxylic acids is 1. The summed E-state index contributed by atoms with van der Waals surface area (Å²) in [5.41, 5.74) is 0.636. The predicted molar refractivity (Wildman–Crippen MR) is 86.6 cm³/mol. The first-order chi connectivity index (χ1) is 10.2. The van der Waals surface area contributed by atoms with Gasteiger partial charge in [0.1, 0.15) is 5.75 Å². The van der Waals surface area contributed by atoms with E-state index in [1.807, 2.05) is 6.07 Å². The van der Waals surface area contributed by atoms with Crippen LogP contribution >= 0.6 is 23.1 Å². The lowest BCUT2D eigenvalue weighted by Crippen LogP contribution is -2.02. The van der Waals surface area contributed by atoms with Gasteiger partial charge in [0.05, 0.1) is 12.9 Å². The minimum atomic E-state index is 0.0368. The Morgan fingerprint density at radius 1 is 1.52 bits per heavy atom. The third-order valence-corrected chi connectivity index (χ3v) is 4.54. The van der Waals surface area contributed by atoms with Gasteiger partial charge in [-0.25, -0.2) is 0 Å². The van der Waals surface area contributed by atoms with E-state index in [-0.39, 0.29) is 5.78 Å². The van der Waals surface area contributed by atoms with Gasteiger partial charge >= 0.3 is 0 Å². The van der Waals surface area contributed by atoms with Crippen molar-refractivity contribution in [3.8, 4) is 5.75 Å². The monoisotopic (exact) mass is 321 g/mol. The van der Waals surface area contributed by atoms with Gasteiger partial charge in [0.2, 0.25) is 5.13 Å². The van der Waals surface area contributed by atoms with Crippen LogP contribution in [-0.2, 0) is 0 Å². The Hall–Kier alpha value is -1.86. The maximum absolute atomic E-state index is 12.1. The van der Waals surface area contributed by atoms with Gasteiger partial charge in [-0.15, -0.1) is 16.8 Å². The van der Waals surface area contributed by atoms with Crippen LogP contribution in [0.1, 0.15) is 10.4 Å². The molecule has 0 aliphatic rings. The van der Waals surface area contributed by atoms with Gasteiger partial charge in [-0.3, -0.25) is 4.79 Å². The van der Waals surface area contributed by atoms with Gasteiger partial charge in [0.15, 0.2) is 10.1 Å². The fourth-order valence-electron chi connectivity index (χ4n) is 1.51. The highest BCUT2D eigenvalue weighted by Crippen LogP contribution is 2.26. The molecule has 0 aliphatic heterocycles. The Kier molecular flexibility index (Phi) is 5.77. The zero-order chi connectivity index (χ0) is 15.1. The summed E-state index contributed by atoms with van der Waals surface area (Å²) >= 11 is 2.80.